The number of benzene rings is 1. The Labute approximate surface area is 144 Å². The van der Waals surface area contributed by atoms with Gasteiger partial charge in [-0.3, -0.25) is 4.90 Å². The Morgan fingerprint density at radius 1 is 1.17 bits per heavy atom. The molecule has 0 radical (unpaired) electrons. The smallest absolute Gasteiger partial charge is 0.354 e. The highest BCUT2D eigenvalue weighted by molar-refractivity contribution is 6.31. The molecule has 1 aliphatic rings. The van der Waals surface area contributed by atoms with Gasteiger partial charge in [-0.2, -0.15) is 0 Å². The number of piperazine rings is 1. The lowest BCUT2D eigenvalue weighted by molar-refractivity contribution is 0.0690. The summed E-state index contributed by atoms with van der Waals surface area (Å²) in [6.07, 6.45) is 0. The lowest BCUT2D eigenvalue weighted by Gasteiger charge is -2.35. The van der Waals surface area contributed by atoms with Crippen molar-refractivity contribution < 1.29 is 14.3 Å². The van der Waals surface area contributed by atoms with E-state index in [2.05, 4.69) is 9.88 Å². The Balaban J connectivity index is 1.64. The topological polar surface area (TPSA) is 56.7 Å². The zero-order valence-corrected chi connectivity index (χ0v) is 13.7. The summed E-state index contributed by atoms with van der Waals surface area (Å²) in [6, 6.07) is 9.67. The molecule has 0 amide bonds. The van der Waals surface area contributed by atoms with Crippen LogP contribution < -0.4 is 4.90 Å². The first-order valence-corrected chi connectivity index (χ1v) is 8.03. The Hall–Kier alpha value is -2.18. The summed E-state index contributed by atoms with van der Waals surface area (Å²) in [5, 5.41) is 9.47. The molecule has 24 heavy (non-hydrogen) atoms. The van der Waals surface area contributed by atoms with Crippen LogP contribution in [-0.2, 0) is 6.54 Å². The van der Waals surface area contributed by atoms with Gasteiger partial charge in [0.05, 0.1) is 0 Å². The fraction of sp³-hybridized carbons (Fsp3) is 0.294. The number of nitrogens with zero attached hydrogens (tertiary/aromatic N) is 3. The molecule has 1 fully saturated rings. The van der Waals surface area contributed by atoms with Crippen molar-refractivity contribution in [3.05, 3.63) is 58.5 Å². The van der Waals surface area contributed by atoms with E-state index in [1.54, 1.807) is 24.3 Å². The van der Waals surface area contributed by atoms with Gasteiger partial charge in [0.2, 0.25) is 0 Å². The van der Waals surface area contributed by atoms with Crippen LogP contribution in [0.15, 0.2) is 36.4 Å². The number of aromatic carboxylic acids is 1. The van der Waals surface area contributed by atoms with Crippen LogP contribution in [0, 0.1) is 5.82 Å². The van der Waals surface area contributed by atoms with E-state index < -0.39 is 5.97 Å². The number of carboxylic acids is 1. The summed E-state index contributed by atoms with van der Waals surface area (Å²) in [4.78, 5) is 19.3. The number of carbonyl (C=O) groups is 1. The van der Waals surface area contributed by atoms with E-state index in [0.29, 0.717) is 36.0 Å². The predicted molar refractivity (Wildman–Crippen MR) is 90.1 cm³/mol. The normalized spacial score (nSPS) is 15.5. The number of rotatable bonds is 4. The van der Waals surface area contributed by atoms with Gasteiger partial charge in [0.1, 0.15) is 11.6 Å². The van der Waals surface area contributed by atoms with E-state index >= 15 is 0 Å². The van der Waals surface area contributed by atoms with Crippen molar-refractivity contribution in [2.45, 2.75) is 6.54 Å². The number of hydrogen-bond acceptors (Lipinski definition) is 4. The van der Waals surface area contributed by atoms with Gasteiger partial charge in [0, 0.05) is 43.3 Å². The standard InChI is InChI=1S/C17H17ClFN3O2/c18-13-3-1-4-14(19)12(13)11-21-7-9-22(10-8-21)16-6-2-5-15(20-16)17(23)24/h1-6H,7-11H2,(H,23,24). The average molecular weight is 350 g/mol. The fourth-order valence-electron chi connectivity index (χ4n) is 2.76. The van der Waals surface area contributed by atoms with Crippen molar-refractivity contribution in [2.24, 2.45) is 0 Å². The molecule has 2 heterocycles. The first-order chi connectivity index (χ1) is 11.5. The largest absolute Gasteiger partial charge is 0.477 e. The molecule has 0 atom stereocenters. The van der Waals surface area contributed by atoms with Crippen molar-refractivity contribution in [1.82, 2.24) is 9.88 Å². The lowest BCUT2D eigenvalue weighted by Crippen LogP contribution is -2.46. The minimum atomic E-state index is -1.04. The second-order valence-electron chi connectivity index (χ2n) is 5.65. The zero-order chi connectivity index (χ0) is 17.1. The van der Waals surface area contributed by atoms with Crippen molar-refractivity contribution in [2.75, 3.05) is 31.1 Å². The minimum absolute atomic E-state index is 0.0352. The van der Waals surface area contributed by atoms with Crippen LogP contribution in [0.1, 0.15) is 16.1 Å². The molecule has 0 spiro atoms. The van der Waals surface area contributed by atoms with Crippen LogP contribution in [0.4, 0.5) is 10.2 Å². The third kappa shape index (κ3) is 3.66. The molecule has 1 saturated heterocycles. The number of hydrogen-bond donors (Lipinski definition) is 1. The summed E-state index contributed by atoms with van der Waals surface area (Å²) >= 11 is 6.08. The van der Waals surface area contributed by atoms with Gasteiger partial charge in [0.15, 0.2) is 5.69 Å². The van der Waals surface area contributed by atoms with Gasteiger partial charge in [-0.1, -0.05) is 23.7 Å². The number of halogens is 2. The molecule has 1 aromatic carbocycles. The third-order valence-corrected chi connectivity index (χ3v) is 4.45. The SMILES string of the molecule is O=C(O)c1cccc(N2CCN(Cc3c(F)cccc3Cl)CC2)n1. The van der Waals surface area contributed by atoms with E-state index in [9.17, 15) is 9.18 Å². The number of carboxylic acid groups (broad SMARTS) is 1. The Morgan fingerprint density at radius 3 is 2.54 bits per heavy atom. The fourth-order valence-corrected chi connectivity index (χ4v) is 2.98. The van der Waals surface area contributed by atoms with E-state index in [1.807, 2.05) is 4.90 Å². The summed E-state index contributed by atoms with van der Waals surface area (Å²) in [7, 11) is 0. The van der Waals surface area contributed by atoms with Crippen molar-refractivity contribution >= 4 is 23.4 Å². The van der Waals surface area contributed by atoms with E-state index in [0.717, 1.165) is 13.1 Å². The molecule has 3 rings (SSSR count). The van der Waals surface area contributed by atoms with E-state index in [1.165, 1.54) is 12.1 Å². The second kappa shape index (κ2) is 7.15. The van der Waals surface area contributed by atoms with Gasteiger partial charge in [-0.15, -0.1) is 0 Å². The maximum Gasteiger partial charge on any atom is 0.354 e. The zero-order valence-electron chi connectivity index (χ0n) is 13.0. The van der Waals surface area contributed by atoms with Gasteiger partial charge in [-0.05, 0) is 24.3 Å². The third-order valence-electron chi connectivity index (χ3n) is 4.09. The second-order valence-corrected chi connectivity index (χ2v) is 6.06. The predicted octanol–water partition coefficient (Wildman–Crippen LogP) is 2.89. The molecule has 0 bridgehead atoms. The molecule has 2 aromatic rings. The molecule has 1 aliphatic heterocycles. The first-order valence-electron chi connectivity index (χ1n) is 7.65. The molecule has 7 heteroatoms. The van der Waals surface area contributed by atoms with Gasteiger partial charge in [0.25, 0.3) is 0 Å². The number of pyridine rings is 1. The maximum atomic E-state index is 13.9. The Morgan fingerprint density at radius 2 is 1.88 bits per heavy atom. The van der Waals surface area contributed by atoms with Crippen molar-refractivity contribution in [3.8, 4) is 0 Å². The molecule has 0 unspecified atom stereocenters. The molecule has 1 aromatic heterocycles. The molecular weight excluding hydrogens is 333 g/mol. The van der Waals surface area contributed by atoms with E-state index in [-0.39, 0.29) is 11.5 Å². The molecule has 126 valence electrons. The lowest BCUT2D eigenvalue weighted by atomic mass is 10.2. The van der Waals surface area contributed by atoms with Gasteiger partial charge in [-0.25, -0.2) is 14.2 Å². The van der Waals surface area contributed by atoms with Crippen LogP contribution in [0.25, 0.3) is 0 Å². The summed E-state index contributed by atoms with van der Waals surface area (Å²) in [5.41, 5.74) is 0.548. The van der Waals surface area contributed by atoms with Crippen molar-refractivity contribution in [3.63, 3.8) is 0 Å². The van der Waals surface area contributed by atoms with Crippen molar-refractivity contribution in [1.29, 1.82) is 0 Å². The number of aromatic nitrogens is 1. The Kier molecular flexibility index (Phi) is 4.97. The molecule has 0 saturated carbocycles. The van der Waals surface area contributed by atoms with E-state index in [4.69, 9.17) is 16.7 Å². The minimum Gasteiger partial charge on any atom is -0.477 e. The number of anilines is 1. The summed E-state index contributed by atoms with van der Waals surface area (Å²) in [6.45, 7) is 3.31. The first kappa shape index (κ1) is 16.7. The Bertz CT molecular complexity index is 728. The molecule has 5 nitrogen and oxygen atoms in total. The van der Waals surface area contributed by atoms with Crippen LogP contribution in [0.2, 0.25) is 5.02 Å². The molecule has 1 N–H and O–H groups in total. The van der Waals surface area contributed by atoms with Crippen LogP contribution in [0.3, 0.4) is 0 Å². The maximum absolute atomic E-state index is 13.9. The quantitative estimate of drug-likeness (QED) is 0.919. The van der Waals surface area contributed by atoms with Crippen LogP contribution in [-0.4, -0.2) is 47.1 Å². The highest BCUT2D eigenvalue weighted by atomic mass is 35.5. The summed E-state index contributed by atoms with van der Waals surface area (Å²) in [5.74, 6) is -0.677. The molecular formula is C17H17ClFN3O2. The van der Waals surface area contributed by atoms with Crippen LogP contribution in [0.5, 0.6) is 0 Å². The summed E-state index contributed by atoms with van der Waals surface area (Å²) < 4.78 is 13.9. The monoisotopic (exact) mass is 349 g/mol. The van der Waals surface area contributed by atoms with Gasteiger partial charge >= 0.3 is 5.97 Å². The highest BCUT2D eigenvalue weighted by Gasteiger charge is 2.20. The highest BCUT2D eigenvalue weighted by Crippen LogP contribution is 2.22. The molecule has 0 aliphatic carbocycles. The van der Waals surface area contributed by atoms with Gasteiger partial charge < -0.3 is 10.0 Å². The van der Waals surface area contributed by atoms with Crippen LogP contribution >= 0.6 is 11.6 Å². The average Bonchev–Trinajstić information content (AvgIpc) is 2.59.